The molecule has 0 spiro atoms. The third kappa shape index (κ3) is 3.43. The molecule has 2 heterocycles. The maximum atomic E-state index is 13.9. The molecule has 1 aromatic heterocycles. The molecule has 0 saturated carbocycles. The van der Waals surface area contributed by atoms with Gasteiger partial charge in [0.15, 0.2) is 5.60 Å². The van der Waals surface area contributed by atoms with Crippen molar-refractivity contribution in [1.82, 2.24) is 4.98 Å². The molecular formula is C22H20ClF2N3O2. The number of rotatable bonds is 4. The van der Waals surface area contributed by atoms with Gasteiger partial charge in [0.25, 0.3) is 0 Å². The number of primary amides is 1. The number of fused-ring (bicyclic) bond motifs is 2. The summed E-state index contributed by atoms with van der Waals surface area (Å²) in [6.45, 7) is -0.276. The van der Waals surface area contributed by atoms with Gasteiger partial charge in [0.2, 0.25) is 0 Å². The second-order valence-electron chi connectivity index (χ2n) is 7.49. The molecule has 0 bridgehead atoms. The van der Waals surface area contributed by atoms with E-state index in [1.54, 1.807) is 30.5 Å². The summed E-state index contributed by atoms with van der Waals surface area (Å²) in [7, 11) is 0. The average Bonchev–Trinajstić information content (AvgIpc) is 2.73. The lowest BCUT2D eigenvalue weighted by molar-refractivity contribution is -0.00785. The zero-order chi connectivity index (χ0) is 21.5. The summed E-state index contributed by atoms with van der Waals surface area (Å²) in [4.78, 5) is 18.3. The number of carbonyl (C=O) groups excluding carboxylic acids is 1. The molecule has 2 N–H and O–H groups in total. The van der Waals surface area contributed by atoms with Gasteiger partial charge in [-0.1, -0.05) is 29.8 Å². The van der Waals surface area contributed by atoms with E-state index in [0.29, 0.717) is 16.3 Å². The van der Waals surface area contributed by atoms with Crippen LogP contribution in [0.2, 0.25) is 5.02 Å². The number of carbonyl (C=O) groups is 1. The van der Waals surface area contributed by atoms with Crippen LogP contribution < -0.4 is 15.4 Å². The average molecular weight is 432 g/mol. The van der Waals surface area contributed by atoms with Crippen molar-refractivity contribution in [1.29, 1.82) is 0 Å². The van der Waals surface area contributed by atoms with Crippen molar-refractivity contribution >= 4 is 34.1 Å². The summed E-state index contributed by atoms with van der Waals surface area (Å²) < 4.78 is 33.5. The molecule has 1 aliphatic heterocycles. The third-order valence-electron chi connectivity index (χ3n) is 5.40. The normalized spacial score (nSPS) is 17.3. The van der Waals surface area contributed by atoms with Crippen LogP contribution in [-0.4, -0.2) is 30.0 Å². The molecule has 3 aromatic rings. The van der Waals surface area contributed by atoms with Crippen molar-refractivity contribution in [2.24, 2.45) is 5.73 Å². The second kappa shape index (κ2) is 7.72. The van der Waals surface area contributed by atoms with Crippen LogP contribution in [0.25, 0.3) is 10.8 Å². The number of nitrogens with zero attached hydrogens (tertiary/aromatic N) is 2. The fraction of sp³-hybridized carbons (Fsp3) is 0.273. The largest absolute Gasteiger partial charge is 0.481 e. The summed E-state index contributed by atoms with van der Waals surface area (Å²) >= 11 is 6.08. The topological polar surface area (TPSA) is 68.5 Å². The van der Waals surface area contributed by atoms with Gasteiger partial charge in [-0.25, -0.2) is 13.6 Å². The highest BCUT2D eigenvalue weighted by atomic mass is 35.5. The van der Waals surface area contributed by atoms with Crippen LogP contribution in [-0.2, 0) is 0 Å². The van der Waals surface area contributed by atoms with Gasteiger partial charge in [0.05, 0.1) is 11.7 Å². The molecule has 0 saturated heterocycles. The maximum Gasteiger partial charge on any atom is 0.319 e. The van der Waals surface area contributed by atoms with E-state index in [-0.39, 0.29) is 12.2 Å². The Morgan fingerprint density at radius 1 is 1.30 bits per heavy atom. The van der Waals surface area contributed by atoms with Gasteiger partial charge < -0.3 is 10.5 Å². The third-order valence-corrected chi connectivity index (χ3v) is 5.63. The van der Waals surface area contributed by atoms with Crippen LogP contribution in [0.3, 0.4) is 0 Å². The van der Waals surface area contributed by atoms with Crippen LogP contribution in [0.4, 0.5) is 19.3 Å². The maximum absolute atomic E-state index is 13.9. The molecule has 0 radical (unpaired) electrons. The van der Waals surface area contributed by atoms with Gasteiger partial charge in [-0.05, 0) is 31.2 Å². The molecule has 2 aromatic carbocycles. The molecule has 8 heteroatoms. The number of alkyl halides is 2. The van der Waals surface area contributed by atoms with E-state index in [9.17, 15) is 13.6 Å². The lowest BCUT2D eigenvalue weighted by atomic mass is 9.87. The molecule has 2 amide bonds. The van der Waals surface area contributed by atoms with Crippen LogP contribution in [0.15, 0.2) is 48.7 Å². The van der Waals surface area contributed by atoms with Crippen LogP contribution >= 0.6 is 11.6 Å². The highest BCUT2D eigenvalue weighted by Crippen LogP contribution is 2.46. The summed E-state index contributed by atoms with van der Waals surface area (Å²) in [5, 5.41) is 1.94. The van der Waals surface area contributed by atoms with Crippen LogP contribution in [0.1, 0.15) is 23.7 Å². The van der Waals surface area contributed by atoms with Crippen molar-refractivity contribution in [3.05, 3.63) is 64.9 Å². The number of ether oxygens (including phenoxy) is 1. The number of aryl methyl sites for hydroxylation is 1. The van der Waals surface area contributed by atoms with Crippen LogP contribution in [0.5, 0.6) is 5.75 Å². The molecule has 1 aliphatic rings. The Hall–Kier alpha value is -2.93. The minimum absolute atomic E-state index is 0.0992. The van der Waals surface area contributed by atoms with E-state index in [4.69, 9.17) is 22.1 Å². The molecular weight excluding hydrogens is 412 g/mol. The lowest BCUT2D eigenvalue weighted by Gasteiger charge is -2.43. The number of benzene rings is 2. The highest BCUT2D eigenvalue weighted by Gasteiger charge is 2.45. The van der Waals surface area contributed by atoms with Crippen molar-refractivity contribution in [2.45, 2.75) is 25.0 Å². The summed E-state index contributed by atoms with van der Waals surface area (Å²) in [5.74, 6) is 0.235. The van der Waals surface area contributed by atoms with Crippen molar-refractivity contribution in [2.75, 3.05) is 18.2 Å². The number of anilines is 1. The molecule has 5 nitrogen and oxygen atoms in total. The summed E-state index contributed by atoms with van der Waals surface area (Å²) in [6, 6.07) is 10.6. The number of halogens is 3. The number of nitrogens with two attached hydrogens (primary N) is 1. The Kier molecular flexibility index (Phi) is 5.24. The highest BCUT2D eigenvalue weighted by molar-refractivity contribution is 6.30. The van der Waals surface area contributed by atoms with E-state index >= 15 is 0 Å². The molecule has 0 fully saturated rings. The van der Waals surface area contributed by atoms with E-state index in [1.165, 1.54) is 11.0 Å². The first kappa shape index (κ1) is 20.3. The summed E-state index contributed by atoms with van der Waals surface area (Å²) in [5.41, 5.74) is 5.96. The Labute approximate surface area is 177 Å². The standard InChI is InChI=1S/C22H20ClF2N3O2/c1-13-7-17-14(10-27-13)3-2-4-18(17)28(21(26)29)19-9-22(11-24,12-25)30-20-8-15(23)5-6-16(19)20/h2-8,10,19H,9,11-12H2,1H3,(H2,26,29)/t19-/m1/s1. The monoisotopic (exact) mass is 431 g/mol. The SMILES string of the molecule is Cc1cc2c(N(C(N)=O)[C@@H]3CC(CF)(CF)Oc4cc(Cl)ccc43)cccc2cn1. The number of pyridine rings is 1. The zero-order valence-corrected chi connectivity index (χ0v) is 17.0. The second-order valence-corrected chi connectivity index (χ2v) is 7.92. The molecule has 30 heavy (non-hydrogen) atoms. The minimum Gasteiger partial charge on any atom is -0.481 e. The van der Waals surface area contributed by atoms with E-state index in [0.717, 1.165) is 16.5 Å². The zero-order valence-electron chi connectivity index (χ0n) is 16.2. The summed E-state index contributed by atoms with van der Waals surface area (Å²) in [6.07, 6.45) is 1.61. The van der Waals surface area contributed by atoms with Crippen molar-refractivity contribution < 1.29 is 18.3 Å². The first-order chi connectivity index (χ1) is 14.4. The smallest absolute Gasteiger partial charge is 0.319 e. The Balaban J connectivity index is 1.94. The van der Waals surface area contributed by atoms with Gasteiger partial charge in [-0.3, -0.25) is 9.88 Å². The van der Waals surface area contributed by atoms with E-state index < -0.39 is 31.0 Å². The Morgan fingerprint density at radius 3 is 2.77 bits per heavy atom. The first-order valence-electron chi connectivity index (χ1n) is 9.42. The number of hydrogen-bond acceptors (Lipinski definition) is 3. The van der Waals surface area contributed by atoms with E-state index in [2.05, 4.69) is 4.98 Å². The van der Waals surface area contributed by atoms with Gasteiger partial charge in [0, 0.05) is 39.7 Å². The molecule has 0 aliphatic carbocycles. The van der Waals surface area contributed by atoms with Crippen molar-refractivity contribution in [3.63, 3.8) is 0 Å². The number of hydrogen-bond donors (Lipinski definition) is 1. The first-order valence-corrected chi connectivity index (χ1v) is 9.80. The quantitative estimate of drug-likeness (QED) is 0.610. The minimum atomic E-state index is -1.72. The lowest BCUT2D eigenvalue weighted by Crippen LogP contribution is -2.51. The van der Waals surface area contributed by atoms with Gasteiger partial charge in [-0.15, -0.1) is 0 Å². The molecule has 1 atom stereocenters. The molecule has 4 rings (SSSR count). The van der Waals surface area contributed by atoms with Gasteiger partial charge in [0.1, 0.15) is 19.1 Å². The van der Waals surface area contributed by atoms with Crippen molar-refractivity contribution in [3.8, 4) is 5.75 Å². The number of aromatic nitrogens is 1. The predicted molar refractivity (Wildman–Crippen MR) is 113 cm³/mol. The van der Waals surface area contributed by atoms with Gasteiger partial charge in [-0.2, -0.15) is 0 Å². The predicted octanol–water partition coefficient (Wildman–Crippen LogP) is 5.28. The molecule has 156 valence electrons. The molecule has 0 unspecified atom stereocenters. The van der Waals surface area contributed by atoms with Gasteiger partial charge >= 0.3 is 6.03 Å². The Morgan fingerprint density at radius 2 is 2.07 bits per heavy atom. The number of amides is 2. The van der Waals surface area contributed by atoms with E-state index in [1.807, 2.05) is 19.1 Å². The van der Waals surface area contributed by atoms with Crippen LogP contribution in [0, 0.1) is 6.92 Å². The Bertz CT molecular complexity index is 1120. The number of urea groups is 1. The fourth-order valence-corrected chi connectivity index (χ4v) is 4.11. The fourth-order valence-electron chi connectivity index (χ4n) is 3.95.